The third kappa shape index (κ3) is 10.0. The van der Waals surface area contributed by atoms with E-state index in [1.54, 1.807) is 20.8 Å². The Labute approximate surface area is 103 Å². The van der Waals surface area contributed by atoms with E-state index < -0.39 is 18.0 Å². The van der Waals surface area contributed by atoms with Gasteiger partial charge in [-0.2, -0.15) is 0 Å². The van der Waals surface area contributed by atoms with E-state index in [1.165, 1.54) is 0 Å². The summed E-state index contributed by atoms with van der Waals surface area (Å²) in [4.78, 5) is 11.4. The molecular formula is C11H24N2O4. The van der Waals surface area contributed by atoms with Crippen molar-refractivity contribution < 1.29 is 19.0 Å². The molecule has 3 N–H and O–H groups in total. The summed E-state index contributed by atoms with van der Waals surface area (Å²) in [7, 11) is 0. The lowest BCUT2D eigenvalue weighted by atomic mass is 10.2. The van der Waals surface area contributed by atoms with Gasteiger partial charge >= 0.3 is 6.09 Å². The molecule has 6 nitrogen and oxygen atoms in total. The number of carbonyl (C=O) groups excluding carboxylic acids is 1. The standard InChI is InChI=1S/C11H24N2O4/c1-5-15-9(16-7-6-12)8-13-10(14)17-11(2,3)4/h9H,5-8,12H2,1-4H3,(H,13,14). The van der Waals surface area contributed by atoms with Crippen LogP contribution in [0.15, 0.2) is 0 Å². The van der Waals surface area contributed by atoms with Gasteiger partial charge in [0, 0.05) is 13.2 Å². The molecule has 6 heteroatoms. The Bertz CT molecular complexity index is 216. The maximum Gasteiger partial charge on any atom is 0.407 e. The van der Waals surface area contributed by atoms with Gasteiger partial charge in [0.05, 0.1) is 13.2 Å². The van der Waals surface area contributed by atoms with Crippen LogP contribution in [-0.2, 0) is 14.2 Å². The second-order valence-electron chi connectivity index (χ2n) is 4.43. The van der Waals surface area contributed by atoms with Crippen molar-refractivity contribution in [3.05, 3.63) is 0 Å². The van der Waals surface area contributed by atoms with Crippen LogP contribution < -0.4 is 11.1 Å². The molecule has 0 rings (SSSR count). The van der Waals surface area contributed by atoms with Gasteiger partial charge in [-0.3, -0.25) is 0 Å². The van der Waals surface area contributed by atoms with Gasteiger partial charge in [-0.1, -0.05) is 0 Å². The zero-order chi connectivity index (χ0) is 13.3. The SMILES string of the molecule is CCOC(CNC(=O)OC(C)(C)C)OCCN. The fourth-order valence-corrected chi connectivity index (χ4v) is 1.03. The summed E-state index contributed by atoms with van der Waals surface area (Å²) in [5.74, 6) is 0. The molecule has 1 unspecified atom stereocenters. The van der Waals surface area contributed by atoms with Gasteiger partial charge in [-0.15, -0.1) is 0 Å². The minimum atomic E-state index is -0.511. The third-order valence-corrected chi connectivity index (χ3v) is 1.59. The highest BCUT2D eigenvalue weighted by atomic mass is 16.7. The van der Waals surface area contributed by atoms with Crippen LogP contribution >= 0.6 is 0 Å². The van der Waals surface area contributed by atoms with Crippen molar-refractivity contribution in [2.45, 2.75) is 39.6 Å². The zero-order valence-electron chi connectivity index (χ0n) is 11.1. The Kier molecular flexibility index (Phi) is 7.86. The third-order valence-electron chi connectivity index (χ3n) is 1.59. The molecule has 17 heavy (non-hydrogen) atoms. The molecule has 0 saturated carbocycles. The fourth-order valence-electron chi connectivity index (χ4n) is 1.03. The van der Waals surface area contributed by atoms with Crippen LogP contribution in [0.3, 0.4) is 0 Å². The fraction of sp³-hybridized carbons (Fsp3) is 0.909. The summed E-state index contributed by atoms with van der Waals surface area (Å²) in [6.07, 6.45) is -0.977. The largest absolute Gasteiger partial charge is 0.444 e. The molecule has 0 aliphatic heterocycles. The van der Waals surface area contributed by atoms with Crippen molar-refractivity contribution in [1.82, 2.24) is 5.32 Å². The number of nitrogens with two attached hydrogens (primary N) is 1. The predicted molar refractivity (Wildman–Crippen MR) is 64.7 cm³/mol. The molecule has 0 heterocycles. The molecule has 0 fully saturated rings. The van der Waals surface area contributed by atoms with Gasteiger partial charge in [0.1, 0.15) is 5.60 Å². The van der Waals surface area contributed by atoms with Crippen LogP contribution in [0.25, 0.3) is 0 Å². The monoisotopic (exact) mass is 248 g/mol. The molecule has 102 valence electrons. The summed E-state index contributed by atoms with van der Waals surface area (Å²) >= 11 is 0. The Morgan fingerprint density at radius 1 is 1.35 bits per heavy atom. The first-order valence-electron chi connectivity index (χ1n) is 5.79. The van der Waals surface area contributed by atoms with Crippen molar-refractivity contribution in [2.75, 3.05) is 26.3 Å². The molecule has 1 atom stereocenters. The van der Waals surface area contributed by atoms with Crippen molar-refractivity contribution in [3.63, 3.8) is 0 Å². The van der Waals surface area contributed by atoms with Crippen LogP contribution in [-0.4, -0.2) is 44.3 Å². The highest BCUT2D eigenvalue weighted by molar-refractivity contribution is 5.67. The summed E-state index contributed by atoms with van der Waals surface area (Å²) in [6, 6.07) is 0. The number of ether oxygens (including phenoxy) is 3. The second-order valence-corrected chi connectivity index (χ2v) is 4.43. The van der Waals surface area contributed by atoms with Crippen LogP contribution in [0, 0.1) is 0 Å². The maximum absolute atomic E-state index is 11.4. The summed E-state index contributed by atoms with van der Waals surface area (Å²) in [5, 5.41) is 2.58. The molecule has 0 aliphatic carbocycles. The Morgan fingerprint density at radius 2 is 2.00 bits per heavy atom. The first kappa shape index (κ1) is 16.1. The normalized spacial score (nSPS) is 13.2. The number of carbonyl (C=O) groups is 1. The number of hydrogen-bond acceptors (Lipinski definition) is 5. The number of amides is 1. The average Bonchev–Trinajstić information content (AvgIpc) is 2.19. The van der Waals surface area contributed by atoms with Gasteiger partial charge in [0.2, 0.25) is 0 Å². The van der Waals surface area contributed by atoms with Crippen LogP contribution in [0.4, 0.5) is 4.79 Å². The van der Waals surface area contributed by atoms with E-state index in [9.17, 15) is 4.79 Å². The van der Waals surface area contributed by atoms with Gasteiger partial charge in [0.15, 0.2) is 6.29 Å². The first-order chi connectivity index (χ1) is 7.89. The second kappa shape index (κ2) is 8.27. The number of hydrogen-bond donors (Lipinski definition) is 2. The smallest absolute Gasteiger partial charge is 0.407 e. The van der Waals surface area contributed by atoms with Crippen molar-refractivity contribution >= 4 is 6.09 Å². The number of rotatable bonds is 7. The lowest BCUT2D eigenvalue weighted by Crippen LogP contribution is -2.39. The lowest BCUT2D eigenvalue weighted by molar-refractivity contribution is -0.133. The van der Waals surface area contributed by atoms with Crippen LogP contribution in [0.5, 0.6) is 0 Å². The molecule has 0 saturated heterocycles. The minimum absolute atomic E-state index is 0.239. The van der Waals surface area contributed by atoms with Crippen molar-refractivity contribution in [3.8, 4) is 0 Å². The van der Waals surface area contributed by atoms with Crippen molar-refractivity contribution in [1.29, 1.82) is 0 Å². The Morgan fingerprint density at radius 3 is 2.47 bits per heavy atom. The molecule has 0 radical (unpaired) electrons. The van der Waals surface area contributed by atoms with E-state index in [2.05, 4.69) is 5.32 Å². The minimum Gasteiger partial charge on any atom is -0.444 e. The number of nitrogens with one attached hydrogen (secondary N) is 1. The average molecular weight is 248 g/mol. The van der Waals surface area contributed by atoms with E-state index in [4.69, 9.17) is 19.9 Å². The molecular weight excluding hydrogens is 224 g/mol. The van der Waals surface area contributed by atoms with Crippen LogP contribution in [0.2, 0.25) is 0 Å². The first-order valence-corrected chi connectivity index (χ1v) is 5.79. The van der Waals surface area contributed by atoms with Gasteiger partial charge < -0.3 is 25.3 Å². The molecule has 0 bridgehead atoms. The molecule has 0 aliphatic rings. The van der Waals surface area contributed by atoms with E-state index in [0.29, 0.717) is 19.8 Å². The molecule has 0 aromatic heterocycles. The zero-order valence-corrected chi connectivity index (χ0v) is 11.1. The Hall–Kier alpha value is -0.850. The van der Waals surface area contributed by atoms with Crippen LogP contribution in [0.1, 0.15) is 27.7 Å². The van der Waals surface area contributed by atoms with E-state index in [-0.39, 0.29) is 6.54 Å². The summed E-state index contributed by atoms with van der Waals surface area (Å²) in [6.45, 7) is 8.81. The van der Waals surface area contributed by atoms with Gasteiger partial charge in [-0.05, 0) is 27.7 Å². The quantitative estimate of drug-likeness (QED) is 0.653. The highest BCUT2D eigenvalue weighted by Crippen LogP contribution is 2.06. The number of alkyl carbamates (subject to hydrolysis) is 1. The van der Waals surface area contributed by atoms with Crippen molar-refractivity contribution in [2.24, 2.45) is 5.73 Å². The van der Waals surface area contributed by atoms with E-state index in [1.807, 2.05) is 6.92 Å². The molecule has 0 spiro atoms. The maximum atomic E-state index is 11.4. The highest BCUT2D eigenvalue weighted by Gasteiger charge is 2.17. The predicted octanol–water partition coefficient (Wildman–Crippen LogP) is 0.849. The van der Waals surface area contributed by atoms with E-state index >= 15 is 0 Å². The summed E-state index contributed by atoms with van der Waals surface area (Å²) < 4.78 is 15.7. The lowest BCUT2D eigenvalue weighted by Gasteiger charge is -2.22. The molecule has 1 amide bonds. The molecule has 0 aromatic carbocycles. The topological polar surface area (TPSA) is 82.8 Å². The van der Waals surface area contributed by atoms with Gasteiger partial charge in [0.25, 0.3) is 0 Å². The molecule has 0 aromatic rings. The van der Waals surface area contributed by atoms with Gasteiger partial charge in [-0.25, -0.2) is 4.79 Å². The summed E-state index contributed by atoms with van der Waals surface area (Å²) in [5.41, 5.74) is 4.81. The van der Waals surface area contributed by atoms with E-state index in [0.717, 1.165) is 0 Å². The Balaban J connectivity index is 3.90.